The second-order valence-corrected chi connectivity index (χ2v) is 7.21. The van der Waals surface area contributed by atoms with Gasteiger partial charge in [0.15, 0.2) is 0 Å². The molecule has 9 nitrogen and oxygen atoms in total. The highest BCUT2D eigenvalue weighted by Crippen LogP contribution is 2.29. The van der Waals surface area contributed by atoms with Crippen LogP contribution in [-0.2, 0) is 11.3 Å². The molecule has 5 heterocycles. The molecule has 0 spiro atoms. The van der Waals surface area contributed by atoms with Crippen LogP contribution >= 0.6 is 0 Å². The minimum Gasteiger partial charge on any atom is -0.338 e. The Labute approximate surface area is 157 Å². The molecule has 2 aromatic heterocycles. The van der Waals surface area contributed by atoms with Gasteiger partial charge in [0, 0.05) is 51.0 Å². The Hall–Kier alpha value is -2.84. The highest BCUT2D eigenvalue weighted by atomic mass is 16.2. The molecule has 0 N–H and O–H groups in total. The summed E-state index contributed by atoms with van der Waals surface area (Å²) < 4.78 is 1.74. The van der Waals surface area contributed by atoms with E-state index in [0.29, 0.717) is 37.7 Å². The van der Waals surface area contributed by atoms with Crippen molar-refractivity contribution in [2.45, 2.75) is 38.3 Å². The SMILES string of the molecule is O=C(c1cnccn1)N1C[C@H]2CC[C@@H](C1)N(C(=O)CCCn1cncn1)C2. The summed E-state index contributed by atoms with van der Waals surface area (Å²) >= 11 is 0. The fourth-order valence-electron chi connectivity index (χ4n) is 4.01. The van der Waals surface area contributed by atoms with Gasteiger partial charge in [0.05, 0.1) is 6.20 Å². The van der Waals surface area contributed by atoms with Crippen molar-refractivity contribution in [3.8, 4) is 0 Å². The Morgan fingerprint density at radius 3 is 2.81 bits per heavy atom. The molecule has 3 aliphatic heterocycles. The Morgan fingerprint density at radius 2 is 2.04 bits per heavy atom. The lowest BCUT2D eigenvalue weighted by Crippen LogP contribution is -2.47. The molecule has 0 aliphatic carbocycles. The van der Waals surface area contributed by atoms with Crippen LogP contribution in [0.4, 0.5) is 0 Å². The minimum absolute atomic E-state index is 0.0863. The number of amides is 2. The van der Waals surface area contributed by atoms with Crippen LogP contribution < -0.4 is 0 Å². The van der Waals surface area contributed by atoms with Crippen molar-refractivity contribution in [2.75, 3.05) is 19.6 Å². The third kappa shape index (κ3) is 3.96. The molecule has 9 heteroatoms. The van der Waals surface area contributed by atoms with Crippen molar-refractivity contribution in [1.29, 1.82) is 0 Å². The molecular formula is C18H23N7O2. The first-order valence-electron chi connectivity index (χ1n) is 9.38. The van der Waals surface area contributed by atoms with Gasteiger partial charge in [-0.2, -0.15) is 5.10 Å². The summed E-state index contributed by atoms with van der Waals surface area (Å²) in [5.41, 5.74) is 0.365. The first-order chi connectivity index (χ1) is 13.2. The average molecular weight is 369 g/mol. The molecule has 0 unspecified atom stereocenters. The first kappa shape index (κ1) is 17.6. The van der Waals surface area contributed by atoms with E-state index in [4.69, 9.17) is 0 Å². The number of carbonyl (C=O) groups is 2. The summed E-state index contributed by atoms with van der Waals surface area (Å²) in [5, 5.41) is 4.06. The van der Waals surface area contributed by atoms with Gasteiger partial charge in [0.1, 0.15) is 18.3 Å². The highest BCUT2D eigenvalue weighted by molar-refractivity contribution is 5.92. The molecule has 3 aliphatic rings. The van der Waals surface area contributed by atoms with E-state index >= 15 is 0 Å². The molecule has 2 bridgehead atoms. The van der Waals surface area contributed by atoms with E-state index in [0.717, 1.165) is 25.8 Å². The fourth-order valence-corrected chi connectivity index (χ4v) is 4.01. The number of hydrogen-bond donors (Lipinski definition) is 0. The van der Waals surface area contributed by atoms with Crippen LogP contribution in [0.1, 0.15) is 36.2 Å². The molecule has 5 rings (SSSR count). The van der Waals surface area contributed by atoms with Crippen LogP contribution in [0, 0.1) is 5.92 Å². The lowest BCUT2D eigenvalue weighted by molar-refractivity contribution is -0.135. The Kier molecular flexibility index (Phi) is 5.08. The van der Waals surface area contributed by atoms with E-state index < -0.39 is 0 Å². The highest BCUT2D eigenvalue weighted by Gasteiger charge is 2.38. The molecule has 0 saturated carbocycles. The molecular weight excluding hydrogens is 346 g/mol. The van der Waals surface area contributed by atoms with Gasteiger partial charge in [-0.1, -0.05) is 0 Å². The van der Waals surface area contributed by atoms with Crippen LogP contribution in [0.15, 0.2) is 31.2 Å². The number of piperidine rings is 1. The number of aromatic nitrogens is 5. The summed E-state index contributed by atoms with van der Waals surface area (Å²) in [6.45, 7) is 2.66. The quantitative estimate of drug-likeness (QED) is 0.766. The van der Waals surface area contributed by atoms with Crippen LogP contribution in [0.3, 0.4) is 0 Å². The molecule has 2 aromatic rings. The number of rotatable bonds is 5. The van der Waals surface area contributed by atoms with Crippen LogP contribution in [0.5, 0.6) is 0 Å². The molecule has 3 fully saturated rings. The van der Waals surface area contributed by atoms with E-state index in [1.807, 2.05) is 9.80 Å². The van der Waals surface area contributed by atoms with Gasteiger partial charge in [-0.15, -0.1) is 0 Å². The normalized spacial score (nSPS) is 21.9. The van der Waals surface area contributed by atoms with Gasteiger partial charge in [-0.3, -0.25) is 19.3 Å². The van der Waals surface area contributed by atoms with Crippen molar-refractivity contribution in [2.24, 2.45) is 5.92 Å². The third-order valence-corrected chi connectivity index (χ3v) is 5.35. The molecule has 2 amide bonds. The Balaban J connectivity index is 1.37. The van der Waals surface area contributed by atoms with Crippen molar-refractivity contribution in [3.63, 3.8) is 0 Å². The monoisotopic (exact) mass is 369 g/mol. The van der Waals surface area contributed by atoms with Gasteiger partial charge < -0.3 is 9.80 Å². The first-order valence-corrected chi connectivity index (χ1v) is 9.38. The standard InChI is InChI=1S/C18H23N7O2/c26-17(2-1-7-24-13-20-12-22-24)25-10-14-3-4-15(25)11-23(9-14)18(27)16-8-19-5-6-21-16/h5-6,8,12-15H,1-4,7,9-11H2/t14-,15+/m1/s1. The van der Waals surface area contributed by atoms with E-state index in [1.165, 1.54) is 18.7 Å². The number of carbonyl (C=O) groups excluding carboxylic acids is 2. The predicted molar refractivity (Wildman–Crippen MR) is 95.4 cm³/mol. The zero-order valence-electron chi connectivity index (χ0n) is 15.1. The zero-order valence-corrected chi connectivity index (χ0v) is 15.1. The molecule has 142 valence electrons. The maximum atomic E-state index is 12.8. The second kappa shape index (κ2) is 7.81. The summed E-state index contributed by atoms with van der Waals surface area (Å²) in [4.78, 5) is 41.4. The average Bonchev–Trinajstić information content (AvgIpc) is 3.05. The number of nitrogens with zero attached hydrogens (tertiary/aromatic N) is 7. The molecule has 2 atom stereocenters. The summed E-state index contributed by atoms with van der Waals surface area (Å²) in [6, 6.07) is 0.0863. The topological polar surface area (TPSA) is 97.1 Å². The van der Waals surface area contributed by atoms with E-state index in [9.17, 15) is 9.59 Å². The molecule has 27 heavy (non-hydrogen) atoms. The minimum atomic E-state index is -0.0968. The predicted octanol–water partition coefficient (Wildman–Crippen LogP) is 0.611. The van der Waals surface area contributed by atoms with Crippen molar-refractivity contribution in [3.05, 3.63) is 36.9 Å². The van der Waals surface area contributed by atoms with Crippen molar-refractivity contribution >= 4 is 11.8 Å². The van der Waals surface area contributed by atoms with E-state index in [1.54, 1.807) is 17.2 Å². The van der Waals surface area contributed by atoms with E-state index in [-0.39, 0.29) is 17.9 Å². The molecule has 3 saturated heterocycles. The number of aryl methyl sites for hydroxylation is 1. The summed E-state index contributed by atoms with van der Waals surface area (Å²) in [6.07, 6.45) is 11.0. The van der Waals surface area contributed by atoms with Gasteiger partial charge in [-0.05, 0) is 25.2 Å². The Bertz CT molecular complexity index is 780. The van der Waals surface area contributed by atoms with Gasteiger partial charge in [0.2, 0.25) is 5.91 Å². The van der Waals surface area contributed by atoms with Crippen LogP contribution in [0.2, 0.25) is 0 Å². The lowest BCUT2D eigenvalue weighted by Gasteiger charge is -2.36. The van der Waals surface area contributed by atoms with Gasteiger partial charge in [0.25, 0.3) is 5.91 Å². The van der Waals surface area contributed by atoms with Crippen LogP contribution in [0.25, 0.3) is 0 Å². The molecule has 0 radical (unpaired) electrons. The second-order valence-electron chi connectivity index (χ2n) is 7.21. The van der Waals surface area contributed by atoms with Gasteiger partial charge >= 0.3 is 0 Å². The maximum Gasteiger partial charge on any atom is 0.274 e. The third-order valence-electron chi connectivity index (χ3n) is 5.35. The van der Waals surface area contributed by atoms with Crippen molar-refractivity contribution < 1.29 is 9.59 Å². The maximum absolute atomic E-state index is 12.8. The number of fused-ring (bicyclic) bond motifs is 4. The van der Waals surface area contributed by atoms with Crippen molar-refractivity contribution in [1.82, 2.24) is 34.5 Å². The largest absolute Gasteiger partial charge is 0.338 e. The fraction of sp³-hybridized carbons (Fsp3) is 0.556. The Morgan fingerprint density at radius 1 is 1.11 bits per heavy atom. The lowest BCUT2D eigenvalue weighted by atomic mass is 9.94. The summed E-state index contributed by atoms with van der Waals surface area (Å²) in [5.74, 6) is 0.391. The smallest absolute Gasteiger partial charge is 0.274 e. The van der Waals surface area contributed by atoms with Crippen LogP contribution in [-0.4, -0.2) is 72.0 Å². The zero-order chi connectivity index (χ0) is 18.6. The number of hydrogen-bond acceptors (Lipinski definition) is 6. The molecule has 0 aromatic carbocycles. The van der Waals surface area contributed by atoms with Gasteiger partial charge in [-0.25, -0.2) is 9.97 Å². The van der Waals surface area contributed by atoms with E-state index in [2.05, 4.69) is 20.1 Å². The summed E-state index contributed by atoms with van der Waals surface area (Å²) in [7, 11) is 0.